The average molecular weight is 323 g/mol. The van der Waals surface area contributed by atoms with Crippen molar-refractivity contribution >= 4 is 5.91 Å². The molecule has 0 aliphatic rings. The van der Waals surface area contributed by atoms with Crippen LogP contribution in [0.2, 0.25) is 0 Å². The lowest BCUT2D eigenvalue weighted by atomic mass is 10.2. The first-order valence-electron chi connectivity index (χ1n) is 7.46. The first-order chi connectivity index (χ1) is 11.7. The average Bonchev–Trinajstić information content (AvgIpc) is 3.10. The van der Waals surface area contributed by atoms with Crippen molar-refractivity contribution in [3.05, 3.63) is 77.9 Å². The van der Waals surface area contributed by atoms with Crippen molar-refractivity contribution in [1.29, 1.82) is 0 Å². The lowest BCUT2D eigenvalue weighted by molar-refractivity contribution is 0.1000. The van der Waals surface area contributed by atoms with E-state index in [1.165, 1.54) is 6.20 Å². The zero-order valence-electron chi connectivity index (χ0n) is 12.9. The molecule has 2 aromatic heterocycles. The molecule has 3 rings (SSSR count). The maximum absolute atomic E-state index is 11.0. The maximum Gasteiger partial charge on any atom is 0.250 e. The fourth-order valence-electron chi connectivity index (χ4n) is 2.13. The Morgan fingerprint density at radius 1 is 1.12 bits per heavy atom. The molecule has 0 fully saturated rings. The minimum absolute atomic E-state index is 0.348. The molecule has 6 nitrogen and oxygen atoms in total. The van der Waals surface area contributed by atoms with E-state index < -0.39 is 5.91 Å². The number of ether oxygens (including phenoxy) is 1. The molecule has 2 heterocycles. The third-order valence-electron chi connectivity index (χ3n) is 3.38. The number of hydrogen-bond donors (Lipinski definition) is 2. The van der Waals surface area contributed by atoms with Crippen LogP contribution in [0, 0.1) is 0 Å². The molecule has 122 valence electrons. The fraction of sp³-hybridized carbons (Fsp3) is 0.111. The van der Waals surface area contributed by atoms with Crippen molar-refractivity contribution in [2.24, 2.45) is 5.73 Å². The summed E-state index contributed by atoms with van der Waals surface area (Å²) >= 11 is 0. The van der Waals surface area contributed by atoms with Gasteiger partial charge < -0.3 is 20.2 Å². The Hall–Kier alpha value is -3.12. The van der Waals surface area contributed by atoms with Crippen LogP contribution in [0.5, 0.6) is 11.6 Å². The zero-order valence-corrected chi connectivity index (χ0v) is 12.9. The number of nitrogens with zero attached hydrogens (tertiary/aromatic N) is 1. The zero-order chi connectivity index (χ0) is 16.8. The largest absolute Gasteiger partial charge is 0.468 e. The van der Waals surface area contributed by atoms with Crippen molar-refractivity contribution in [3.63, 3.8) is 0 Å². The van der Waals surface area contributed by atoms with Crippen LogP contribution in [0.4, 0.5) is 0 Å². The number of pyridine rings is 1. The molecule has 3 N–H and O–H groups in total. The topological polar surface area (TPSA) is 90.4 Å². The molecular weight excluding hydrogens is 306 g/mol. The molecule has 0 radical (unpaired) electrons. The molecule has 1 amide bonds. The van der Waals surface area contributed by atoms with Crippen LogP contribution in [0.25, 0.3) is 0 Å². The SMILES string of the molecule is NC(=O)c1ccc(Oc2ccc(CNCc3ccco3)cc2)nc1. The predicted molar refractivity (Wildman–Crippen MR) is 88.5 cm³/mol. The van der Waals surface area contributed by atoms with E-state index in [9.17, 15) is 4.79 Å². The number of rotatable bonds is 7. The highest BCUT2D eigenvalue weighted by molar-refractivity contribution is 5.92. The number of benzene rings is 1. The standard InChI is InChI=1S/C18H17N3O3/c19-18(22)14-5-8-17(21-11-14)24-15-6-3-13(4-7-15)10-20-12-16-2-1-9-23-16/h1-9,11,20H,10,12H2,(H2,19,22). The Balaban J connectivity index is 1.53. The van der Waals surface area contributed by atoms with E-state index >= 15 is 0 Å². The third-order valence-corrected chi connectivity index (χ3v) is 3.38. The summed E-state index contributed by atoms with van der Waals surface area (Å²) < 4.78 is 10.9. The van der Waals surface area contributed by atoms with Crippen molar-refractivity contribution in [3.8, 4) is 11.6 Å². The van der Waals surface area contributed by atoms with Crippen molar-refractivity contribution < 1.29 is 13.9 Å². The number of carbonyl (C=O) groups excluding carboxylic acids is 1. The number of nitrogens with one attached hydrogen (secondary N) is 1. The Morgan fingerprint density at radius 2 is 1.96 bits per heavy atom. The van der Waals surface area contributed by atoms with Crippen molar-refractivity contribution in [2.75, 3.05) is 0 Å². The number of carbonyl (C=O) groups is 1. The van der Waals surface area contributed by atoms with Gasteiger partial charge >= 0.3 is 0 Å². The summed E-state index contributed by atoms with van der Waals surface area (Å²) in [7, 11) is 0. The summed E-state index contributed by atoms with van der Waals surface area (Å²) in [5.41, 5.74) is 6.65. The van der Waals surface area contributed by atoms with Gasteiger partial charge in [0.1, 0.15) is 11.5 Å². The fourth-order valence-corrected chi connectivity index (χ4v) is 2.13. The Labute approximate surface area is 139 Å². The van der Waals surface area contributed by atoms with Gasteiger partial charge in [-0.1, -0.05) is 12.1 Å². The first-order valence-corrected chi connectivity index (χ1v) is 7.46. The highest BCUT2D eigenvalue weighted by Gasteiger charge is 2.03. The van der Waals surface area contributed by atoms with E-state index in [1.807, 2.05) is 36.4 Å². The Kier molecular flexibility index (Phi) is 4.88. The summed E-state index contributed by atoms with van der Waals surface area (Å²) in [5, 5.41) is 3.30. The second kappa shape index (κ2) is 7.43. The molecule has 0 saturated carbocycles. The number of nitrogens with two attached hydrogens (primary N) is 1. The van der Waals surface area contributed by atoms with Crippen LogP contribution in [0.1, 0.15) is 21.7 Å². The molecule has 24 heavy (non-hydrogen) atoms. The monoisotopic (exact) mass is 323 g/mol. The number of amides is 1. The number of aromatic nitrogens is 1. The van der Waals surface area contributed by atoms with Gasteiger partial charge in [0.25, 0.3) is 0 Å². The summed E-state index contributed by atoms with van der Waals surface area (Å²) in [6.07, 6.45) is 3.05. The van der Waals surface area contributed by atoms with E-state index in [-0.39, 0.29) is 0 Å². The minimum Gasteiger partial charge on any atom is -0.468 e. The molecule has 0 aliphatic carbocycles. The summed E-state index contributed by atoms with van der Waals surface area (Å²) in [6, 6.07) is 14.7. The van der Waals surface area contributed by atoms with Gasteiger partial charge in [0.15, 0.2) is 0 Å². The second-order valence-corrected chi connectivity index (χ2v) is 5.18. The van der Waals surface area contributed by atoms with Crippen LogP contribution in [-0.4, -0.2) is 10.9 Å². The van der Waals surface area contributed by atoms with Crippen LogP contribution in [0.3, 0.4) is 0 Å². The molecule has 0 spiro atoms. The van der Waals surface area contributed by atoms with E-state index in [1.54, 1.807) is 18.4 Å². The Morgan fingerprint density at radius 3 is 2.58 bits per heavy atom. The van der Waals surface area contributed by atoms with Gasteiger partial charge in [0.2, 0.25) is 11.8 Å². The van der Waals surface area contributed by atoms with Crippen LogP contribution < -0.4 is 15.8 Å². The maximum atomic E-state index is 11.0. The van der Waals surface area contributed by atoms with Gasteiger partial charge in [-0.25, -0.2) is 4.98 Å². The quantitative estimate of drug-likeness (QED) is 0.698. The molecule has 6 heteroatoms. The van der Waals surface area contributed by atoms with Crippen LogP contribution in [0.15, 0.2) is 65.4 Å². The summed E-state index contributed by atoms with van der Waals surface area (Å²) in [6.45, 7) is 1.41. The number of furan rings is 1. The third kappa shape index (κ3) is 4.21. The highest BCUT2D eigenvalue weighted by Crippen LogP contribution is 2.20. The number of hydrogen-bond acceptors (Lipinski definition) is 5. The molecule has 3 aromatic rings. The van der Waals surface area contributed by atoms with E-state index in [2.05, 4.69) is 10.3 Å². The minimum atomic E-state index is -0.513. The summed E-state index contributed by atoms with van der Waals surface area (Å²) in [4.78, 5) is 15.0. The first kappa shape index (κ1) is 15.8. The van der Waals surface area contributed by atoms with Crippen LogP contribution >= 0.6 is 0 Å². The van der Waals surface area contributed by atoms with Crippen LogP contribution in [-0.2, 0) is 13.1 Å². The van der Waals surface area contributed by atoms with Crippen molar-refractivity contribution in [2.45, 2.75) is 13.1 Å². The molecule has 0 atom stereocenters. The molecule has 0 aliphatic heterocycles. The van der Waals surface area contributed by atoms with Gasteiger partial charge in [-0.2, -0.15) is 0 Å². The molecule has 0 bridgehead atoms. The lowest BCUT2D eigenvalue weighted by Gasteiger charge is -2.07. The van der Waals surface area contributed by atoms with Gasteiger partial charge in [-0.05, 0) is 35.9 Å². The van der Waals surface area contributed by atoms with E-state index in [4.69, 9.17) is 14.9 Å². The molecule has 0 saturated heterocycles. The van der Waals surface area contributed by atoms with Gasteiger partial charge in [0.05, 0.1) is 18.4 Å². The normalized spacial score (nSPS) is 10.5. The smallest absolute Gasteiger partial charge is 0.250 e. The van der Waals surface area contributed by atoms with Gasteiger partial charge in [-0.15, -0.1) is 0 Å². The van der Waals surface area contributed by atoms with Gasteiger partial charge in [-0.3, -0.25) is 4.79 Å². The number of primary amides is 1. The van der Waals surface area contributed by atoms with Crippen molar-refractivity contribution in [1.82, 2.24) is 10.3 Å². The Bertz CT molecular complexity index is 781. The highest BCUT2D eigenvalue weighted by atomic mass is 16.5. The van der Waals surface area contributed by atoms with Gasteiger partial charge in [0, 0.05) is 18.8 Å². The predicted octanol–water partition coefficient (Wildman–Crippen LogP) is 2.86. The lowest BCUT2D eigenvalue weighted by Crippen LogP contribution is -2.11. The van der Waals surface area contributed by atoms with E-state index in [0.29, 0.717) is 23.7 Å². The second-order valence-electron chi connectivity index (χ2n) is 5.18. The van der Waals surface area contributed by atoms with E-state index in [0.717, 1.165) is 17.9 Å². The molecule has 0 unspecified atom stereocenters. The molecule has 1 aromatic carbocycles. The summed E-state index contributed by atoms with van der Waals surface area (Å²) in [5.74, 6) is 1.47. The molecular formula is C18H17N3O3.